The van der Waals surface area contributed by atoms with Gasteiger partial charge in [-0.15, -0.1) is 0 Å². The van der Waals surface area contributed by atoms with Crippen LogP contribution < -0.4 is 0 Å². The first-order chi connectivity index (χ1) is 15.8. The fraction of sp³-hybridized carbons (Fsp3) is 0.962. The predicted octanol–water partition coefficient (Wildman–Crippen LogP) is 6.91. The highest BCUT2D eigenvalue weighted by molar-refractivity contribution is 7.46. The van der Waals surface area contributed by atoms with Gasteiger partial charge in [-0.05, 0) is 19.3 Å². The zero-order chi connectivity index (χ0) is 26.1. The summed E-state index contributed by atoms with van der Waals surface area (Å²) in [5.41, 5.74) is -1.16. The van der Waals surface area contributed by atoms with Gasteiger partial charge in [0.25, 0.3) is 0 Å². The summed E-state index contributed by atoms with van der Waals surface area (Å²) in [4.78, 5) is 30.9. The van der Waals surface area contributed by atoms with Gasteiger partial charge >= 0.3 is 13.8 Å². The van der Waals surface area contributed by atoms with Gasteiger partial charge in [0, 0.05) is 0 Å². The number of phosphoric ester groups is 1. The van der Waals surface area contributed by atoms with E-state index in [1.807, 2.05) is 21.1 Å². The van der Waals surface area contributed by atoms with E-state index in [4.69, 9.17) is 4.52 Å². The maximum atomic E-state index is 11.8. The van der Waals surface area contributed by atoms with Crippen LogP contribution in [0.15, 0.2) is 0 Å². The van der Waals surface area contributed by atoms with Crippen LogP contribution in [0.3, 0.4) is 0 Å². The van der Waals surface area contributed by atoms with Crippen molar-refractivity contribution in [2.24, 2.45) is 5.92 Å². The van der Waals surface area contributed by atoms with Crippen molar-refractivity contribution in [1.82, 2.24) is 0 Å². The highest BCUT2D eigenvalue weighted by Crippen LogP contribution is 2.46. The zero-order valence-electron chi connectivity index (χ0n) is 22.8. The van der Waals surface area contributed by atoms with Crippen molar-refractivity contribution >= 4 is 13.8 Å². The molecule has 0 aromatic rings. The smallest absolute Gasteiger partial charge is 0.470 e. The summed E-state index contributed by atoms with van der Waals surface area (Å²) in [5, 5.41) is 9.57. The third-order valence-electron chi connectivity index (χ3n) is 6.52. The maximum Gasteiger partial charge on any atom is 0.470 e. The summed E-state index contributed by atoms with van der Waals surface area (Å²) in [7, 11) is 1.04. The minimum Gasteiger partial charge on any atom is -0.481 e. The van der Waals surface area contributed by atoms with Crippen LogP contribution in [-0.4, -0.2) is 58.6 Å². The summed E-state index contributed by atoms with van der Waals surface area (Å²) in [6.07, 6.45) is 18.2. The Balaban J connectivity index is 4.54. The Kier molecular flexibility index (Phi) is 17.6. The monoisotopic (exact) mass is 508 g/mol. The molecule has 204 valence electrons. The first kappa shape index (κ1) is 33.5. The third kappa shape index (κ3) is 18.8. The molecule has 0 spiro atoms. The van der Waals surface area contributed by atoms with E-state index in [1.54, 1.807) is 6.92 Å². The van der Waals surface area contributed by atoms with Gasteiger partial charge in [-0.1, -0.05) is 104 Å². The number of aliphatic carboxylic acids is 1. The number of carbonyl (C=O) groups is 1. The number of phosphoric acid groups is 1. The normalized spacial score (nSPS) is 15.3. The van der Waals surface area contributed by atoms with E-state index >= 15 is 0 Å². The molecule has 8 heteroatoms. The molecule has 0 rings (SSSR count). The lowest BCUT2D eigenvalue weighted by molar-refractivity contribution is -0.876. The van der Waals surface area contributed by atoms with Crippen LogP contribution >= 0.6 is 7.82 Å². The van der Waals surface area contributed by atoms with E-state index in [1.165, 1.54) is 70.6 Å². The molecule has 1 unspecified atom stereocenters. The summed E-state index contributed by atoms with van der Waals surface area (Å²) in [6, 6.07) is 0. The largest absolute Gasteiger partial charge is 0.481 e. The number of nitrogens with zero attached hydrogens (tertiary/aromatic N) is 1. The van der Waals surface area contributed by atoms with E-state index in [0.29, 0.717) is 23.9 Å². The second kappa shape index (κ2) is 17.9. The SMILES string of the molecule is CCCCCCCCCCCCCCCC[C@](CC(CC)C(=O)O)(C[N+](C)(C)C)OP(=O)(O)O. The van der Waals surface area contributed by atoms with Gasteiger partial charge in [0.1, 0.15) is 12.1 Å². The average Bonchev–Trinajstić information content (AvgIpc) is 2.69. The Morgan fingerprint density at radius 3 is 1.56 bits per heavy atom. The number of unbranched alkanes of at least 4 members (excludes halogenated alkanes) is 13. The molecule has 0 aliphatic heterocycles. The molecule has 0 aromatic heterocycles. The minimum atomic E-state index is -4.76. The van der Waals surface area contributed by atoms with Crippen molar-refractivity contribution in [3.63, 3.8) is 0 Å². The fourth-order valence-corrected chi connectivity index (χ4v) is 5.70. The van der Waals surface area contributed by atoms with Crippen LogP contribution in [0.25, 0.3) is 0 Å². The first-order valence-electron chi connectivity index (χ1n) is 13.6. The highest BCUT2D eigenvalue weighted by atomic mass is 31.2. The van der Waals surface area contributed by atoms with Gasteiger partial charge in [0.2, 0.25) is 0 Å². The molecule has 0 aliphatic carbocycles. The summed E-state index contributed by atoms with van der Waals surface area (Å²) >= 11 is 0. The van der Waals surface area contributed by atoms with Crippen LogP contribution in [0.4, 0.5) is 0 Å². The van der Waals surface area contributed by atoms with Gasteiger partial charge in [0.05, 0.1) is 27.1 Å². The molecule has 3 N–H and O–H groups in total. The Labute approximate surface area is 209 Å². The van der Waals surface area contributed by atoms with Gasteiger partial charge in [-0.2, -0.15) is 0 Å². The molecule has 2 atom stereocenters. The molecule has 7 nitrogen and oxygen atoms in total. The van der Waals surface area contributed by atoms with Crippen molar-refractivity contribution < 1.29 is 33.3 Å². The van der Waals surface area contributed by atoms with Gasteiger partial charge in [-0.3, -0.25) is 9.32 Å². The van der Waals surface area contributed by atoms with E-state index in [9.17, 15) is 24.3 Å². The van der Waals surface area contributed by atoms with Crippen molar-refractivity contribution in [2.45, 2.75) is 129 Å². The Bertz CT molecular complexity index is 574. The highest BCUT2D eigenvalue weighted by Gasteiger charge is 2.44. The standard InChI is InChI=1S/C26H54NO6P/c1-6-8-9-10-11-12-13-14-15-16-17-18-19-20-21-26(23-27(3,4)5,33-34(30,31)32)22-24(7-2)25(28)29/h24H,6-23H2,1-5H3,(H2-,28,29,30,31,32)/p+1/t24?,26-/m0/s1. The summed E-state index contributed by atoms with van der Waals surface area (Å²) < 4.78 is 17.7. The molecule has 0 bridgehead atoms. The summed E-state index contributed by atoms with van der Waals surface area (Å²) in [5.74, 6) is -1.63. The zero-order valence-corrected chi connectivity index (χ0v) is 23.7. The molecule has 0 heterocycles. The van der Waals surface area contributed by atoms with E-state index in [2.05, 4.69) is 6.92 Å². The van der Waals surface area contributed by atoms with Crippen molar-refractivity contribution in [2.75, 3.05) is 27.7 Å². The lowest BCUT2D eigenvalue weighted by Gasteiger charge is -2.40. The van der Waals surface area contributed by atoms with Crippen LogP contribution in [0.5, 0.6) is 0 Å². The first-order valence-corrected chi connectivity index (χ1v) is 15.2. The topological polar surface area (TPSA) is 104 Å². The molecule has 0 aliphatic rings. The Morgan fingerprint density at radius 1 is 0.824 bits per heavy atom. The lowest BCUT2D eigenvalue weighted by atomic mass is 9.84. The lowest BCUT2D eigenvalue weighted by Crippen LogP contribution is -2.51. The van der Waals surface area contributed by atoms with Gasteiger partial charge in [0.15, 0.2) is 0 Å². The van der Waals surface area contributed by atoms with E-state index in [-0.39, 0.29) is 6.42 Å². The molecule has 0 aromatic carbocycles. The number of carboxylic acid groups (broad SMARTS) is 1. The molecular formula is C26H55NO6P+. The predicted molar refractivity (Wildman–Crippen MR) is 140 cm³/mol. The summed E-state index contributed by atoms with van der Waals surface area (Å²) in [6.45, 7) is 4.39. The Hall–Kier alpha value is -0.460. The van der Waals surface area contributed by atoms with E-state index in [0.717, 1.165) is 19.3 Å². The minimum absolute atomic E-state index is 0.109. The van der Waals surface area contributed by atoms with E-state index < -0.39 is 25.3 Å². The molecule has 0 saturated heterocycles. The maximum absolute atomic E-state index is 11.8. The number of quaternary nitrogens is 1. The number of hydrogen-bond acceptors (Lipinski definition) is 3. The quantitative estimate of drug-likeness (QED) is 0.0787. The fourth-order valence-electron chi connectivity index (χ4n) is 4.97. The van der Waals surface area contributed by atoms with Gasteiger partial charge in [-0.25, -0.2) is 4.57 Å². The average molecular weight is 509 g/mol. The number of carboxylic acids is 1. The molecule has 0 amide bonds. The Morgan fingerprint density at radius 2 is 1.24 bits per heavy atom. The molecule has 34 heavy (non-hydrogen) atoms. The molecular weight excluding hydrogens is 453 g/mol. The third-order valence-corrected chi connectivity index (χ3v) is 7.15. The molecule has 0 fully saturated rings. The van der Waals surface area contributed by atoms with Crippen molar-refractivity contribution in [3.8, 4) is 0 Å². The van der Waals surface area contributed by atoms with Crippen molar-refractivity contribution in [1.29, 1.82) is 0 Å². The van der Waals surface area contributed by atoms with Crippen LogP contribution in [0.2, 0.25) is 0 Å². The van der Waals surface area contributed by atoms with Crippen LogP contribution in [0.1, 0.15) is 123 Å². The van der Waals surface area contributed by atoms with Crippen LogP contribution in [-0.2, 0) is 13.9 Å². The van der Waals surface area contributed by atoms with Crippen molar-refractivity contribution in [3.05, 3.63) is 0 Å². The number of likely N-dealkylation sites (N-methyl/N-ethyl adjacent to an activating group) is 1. The van der Waals surface area contributed by atoms with Crippen LogP contribution in [0, 0.1) is 5.92 Å². The second-order valence-corrected chi connectivity index (χ2v) is 12.4. The number of rotatable bonds is 23. The molecule has 0 saturated carbocycles. The van der Waals surface area contributed by atoms with Gasteiger partial charge < -0.3 is 19.4 Å². The number of hydrogen-bond donors (Lipinski definition) is 3. The molecule has 0 radical (unpaired) electrons. The second-order valence-electron chi connectivity index (χ2n) is 11.2.